The van der Waals surface area contributed by atoms with Crippen LogP contribution < -0.4 is 20.3 Å². The maximum absolute atomic E-state index is 12.4. The lowest BCUT2D eigenvalue weighted by atomic mass is 10.1. The number of hydrazine groups is 1. The summed E-state index contributed by atoms with van der Waals surface area (Å²) in [6.07, 6.45) is 0. The van der Waals surface area contributed by atoms with E-state index >= 15 is 0 Å². The predicted molar refractivity (Wildman–Crippen MR) is 100 cm³/mol. The Labute approximate surface area is 155 Å². The van der Waals surface area contributed by atoms with E-state index in [-0.39, 0.29) is 0 Å². The second-order valence-corrected chi connectivity index (χ2v) is 6.49. The lowest BCUT2D eigenvalue weighted by Gasteiger charge is -2.18. The molecule has 0 unspecified atom stereocenters. The van der Waals surface area contributed by atoms with E-state index in [1.54, 1.807) is 24.3 Å². The zero-order valence-electron chi connectivity index (χ0n) is 15.0. The first kappa shape index (κ1) is 17.0. The molecule has 2 heterocycles. The number of fused-ring (bicyclic) bond motifs is 2. The van der Waals surface area contributed by atoms with Crippen molar-refractivity contribution in [2.45, 2.75) is 13.8 Å². The summed E-state index contributed by atoms with van der Waals surface area (Å²) in [6, 6.07) is 10.7. The summed E-state index contributed by atoms with van der Waals surface area (Å²) < 4.78 is 10.9. The first-order chi connectivity index (χ1) is 13.0. The number of benzene rings is 2. The molecule has 0 fully saturated rings. The van der Waals surface area contributed by atoms with E-state index in [1.165, 1.54) is 0 Å². The van der Waals surface area contributed by atoms with E-state index in [9.17, 15) is 9.59 Å². The van der Waals surface area contributed by atoms with E-state index in [0.717, 1.165) is 22.0 Å². The fraction of sp³-hybridized carbons (Fsp3) is 0.200. The quantitative estimate of drug-likeness (QED) is 0.609. The van der Waals surface area contributed by atoms with Crippen molar-refractivity contribution in [3.8, 4) is 11.5 Å². The Hall–Kier alpha value is -3.48. The number of rotatable bonds is 2. The number of carbonyl (C=O) groups is 2. The minimum atomic E-state index is -0.441. The molecule has 7 nitrogen and oxygen atoms in total. The van der Waals surface area contributed by atoms with Crippen LogP contribution in [0.25, 0.3) is 10.9 Å². The van der Waals surface area contributed by atoms with Gasteiger partial charge in [0.25, 0.3) is 11.8 Å². The zero-order chi connectivity index (χ0) is 19.0. The topological polar surface area (TPSA) is 92.5 Å². The van der Waals surface area contributed by atoms with Gasteiger partial charge in [0.15, 0.2) is 11.5 Å². The SMILES string of the molecule is Cc1cc(C)c2cc(C(=O)NNC(=O)c3ccc4c(c3)OCCO4)[nH]c2c1. The maximum Gasteiger partial charge on any atom is 0.286 e. The number of H-pyrrole nitrogens is 1. The van der Waals surface area contributed by atoms with Crippen LogP contribution in [0.5, 0.6) is 11.5 Å². The standard InChI is InChI=1S/C20H19N3O4/c1-11-7-12(2)14-10-16(21-15(14)8-11)20(25)23-22-19(24)13-3-4-17-18(9-13)27-6-5-26-17/h3-4,7-10,21H,5-6H2,1-2H3,(H,22,24)(H,23,25). The molecule has 2 amide bonds. The Kier molecular flexibility index (Phi) is 4.19. The smallest absolute Gasteiger partial charge is 0.286 e. The van der Waals surface area contributed by atoms with Gasteiger partial charge in [-0.15, -0.1) is 0 Å². The fourth-order valence-electron chi connectivity index (χ4n) is 3.16. The van der Waals surface area contributed by atoms with Gasteiger partial charge < -0.3 is 14.5 Å². The van der Waals surface area contributed by atoms with Gasteiger partial charge in [-0.2, -0.15) is 0 Å². The molecule has 138 valence electrons. The molecule has 4 rings (SSSR count). The van der Waals surface area contributed by atoms with Crippen molar-refractivity contribution in [3.05, 3.63) is 58.8 Å². The van der Waals surface area contributed by atoms with Crippen molar-refractivity contribution in [1.82, 2.24) is 15.8 Å². The number of hydrogen-bond acceptors (Lipinski definition) is 4. The highest BCUT2D eigenvalue weighted by Crippen LogP contribution is 2.30. The van der Waals surface area contributed by atoms with Crippen LogP contribution in [0.15, 0.2) is 36.4 Å². The minimum absolute atomic E-state index is 0.364. The first-order valence-electron chi connectivity index (χ1n) is 8.61. The number of aromatic nitrogens is 1. The number of hydrogen-bond donors (Lipinski definition) is 3. The van der Waals surface area contributed by atoms with Crippen LogP contribution in [0.1, 0.15) is 32.0 Å². The van der Waals surface area contributed by atoms with Gasteiger partial charge in [-0.05, 0) is 55.3 Å². The number of ether oxygens (including phenoxy) is 2. The fourth-order valence-corrected chi connectivity index (χ4v) is 3.16. The van der Waals surface area contributed by atoms with Gasteiger partial charge in [0.05, 0.1) is 0 Å². The third-order valence-electron chi connectivity index (χ3n) is 4.43. The summed E-state index contributed by atoms with van der Waals surface area (Å²) in [5, 5.41) is 0.976. The zero-order valence-corrected chi connectivity index (χ0v) is 15.0. The summed E-state index contributed by atoms with van der Waals surface area (Å²) in [5.41, 5.74) is 8.67. The normalized spacial score (nSPS) is 12.7. The molecule has 1 aromatic heterocycles. The van der Waals surface area contributed by atoms with E-state index in [1.807, 2.05) is 19.9 Å². The second kappa shape index (κ2) is 6.68. The minimum Gasteiger partial charge on any atom is -0.486 e. The molecule has 0 saturated heterocycles. The maximum atomic E-state index is 12.4. The summed E-state index contributed by atoms with van der Waals surface area (Å²) >= 11 is 0. The molecule has 27 heavy (non-hydrogen) atoms. The highest BCUT2D eigenvalue weighted by molar-refractivity contribution is 6.01. The molecule has 0 saturated carbocycles. The highest BCUT2D eigenvalue weighted by Gasteiger charge is 2.16. The second-order valence-electron chi connectivity index (χ2n) is 6.49. The Bertz CT molecular complexity index is 1050. The van der Waals surface area contributed by atoms with E-state index in [4.69, 9.17) is 9.47 Å². The van der Waals surface area contributed by atoms with E-state index in [2.05, 4.69) is 21.9 Å². The predicted octanol–water partition coefficient (Wildman–Crippen LogP) is 2.63. The Morgan fingerprint density at radius 1 is 0.926 bits per heavy atom. The van der Waals surface area contributed by atoms with Gasteiger partial charge >= 0.3 is 0 Å². The largest absolute Gasteiger partial charge is 0.486 e. The van der Waals surface area contributed by atoms with Crippen LogP contribution in [0.2, 0.25) is 0 Å². The average Bonchev–Trinajstić information content (AvgIpc) is 3.10. The van der Waals surface area contributed by atoms with Crippen molar-refractivity contribution >= 4 is 22.7 Å². The molecule has 0 spiro atoms. The van der Waals surface area contributed by atoms with Crippen LogP contribution in [-0.4, -0.2) is 30.0 Å². The van der Waals surface area contributed by atoms with Crippen LogP contribution >= 0.6 is 0 Å². The summed E-state index contributed by atoms with van der Waals surface area (Å²) in [6.45, 7) is 4.92. The molecular formula is C20H19N3O4. The molecule has 7 heteroatoms. The molecule has 1 aliphatic heterocycles. The van der Waals surface area contributed by atoms with Gasteiger partial charge in [0.1, 0.15) is 18.9 Å². The molecule has 0 bridgehead atoms. The molecule has 3 aromatic rings. The van der Waals surface area contributed by atoms with Gasteiger partial charge in [0.2, 0.25) is 0 Å². The summed E-state index contributed by atoms with van der Waals surface area (Å²) in [5.74, 6) is 0.255. The van der Waals surface area contributed by atoms with Crippen molar-refractivity contribution in [2.24, 2.45) is 0 Å². The van der Waals surface area contributed by atoms with E-state index in [0.29, 0.717) is 36.0 Å². The molecular weight excluding hydrogens is 346 g/mol. The van der Waals surface area contributed by atoms with Gasteiger partial charge in [-0.25, -0.2) is 0 Å². The first-order valence-corrected chi connectivity index (χ1v) is 8.61. The van der Waals surface area contributed by atoms with Crippen molar-refractivity contribution in [2.75, 3.05) is 13.2 Å². The third-order valence-corrected chi connectivity index (χ3v) is 4.43. The van der Waals surface area contributed by atoms with Crippen LogP contribution in [-0.2, 0) is 0 Å². The Morgan fingerprint density at radius 2 is 1.67 bits per heavy atom. The Balaban J connectivity index is 1.46. The van der Waals surface area contributed by atoms with Crippen LogP contribution in [0, 0.1) is 13.8 Å². The van der Waals surface area contributed by atoms with Crippen molar-refractivity contribution in [1.29, 1.82) is 0 Å². The third kappa shape index (κ3) is 3.31. The molecule has 0 atom stereocenters. The van der Waals surface area contributed by atoms with Crippen LogP contribution in [0.3, 0.4) is 0 Å². The Morgan fingerprint density at radius 3 is 2.48 bits per heavy atom. The lowest BCUT2D eigenvalue weighted by molar-refractivity contribution is 0.0844. The van der Waals surface area contributed by atoms with Gasteiger partial charge in [0, 0.05) is 16.5 Å². The molecule has 2 aromatic carbocycles. The monoisotopic (exact) mass is 365 g/mol. The van der Waals surface area contributed by atoms with Crippen molar-refractivity contribution < 1.29 is 19.1 Å². The summed E-state index contributed by atoms with van der Waals surface area (Å²) in [7, 11) is 0. The molecule has 3 N–H and O–H groups in total. The van der Waals surface area contributed by atoms with E-state index < -0.39 is 11.8 Å². The van der Waals surface area contributed by atoms with Crippen LogP contribution in [0.4, 0.5) is 0 Å². The number of nitrogens with one attached hydrogen (secondary N) is 3. The highest BCUT2D eigenvalue weighted by atomic mass is 16.6. The number of carbonyl (C=O) groups excluding carboxylic acids is 2. The lowest BCUT2D eigenvalue weighted by Crippen LogP contribution is -2.41. The molecule has 0 aliphatic carbocycles. The number of aromatic amines is 1. The number of aryl methyl sites for hydroxylation is 2. The number of amides is 2. The molecule has 0 radical (unpaired) electrons. The summed E-state index contributed by atoms with van der Waals surface area (Å²) in [4.78, 5) is 27.8. The molecule has 1 aliphatic rings. The van der Waals surface area contributed by atoms with Gasteiger partial charge in [-0.3, -0.25) is 20.4 Å². The van der Waals surface area contributed by atoms with Crippen molar-refractivity contribution in [3.63, 3.8) is 0 Å². The average molecular weight is 365 g/mol. The van der Waals surface area contributed by atoms with Gasteiger partial charge in [-0.1, -0.05) is 6.07 Å².